The van der Waals surface area contributed by atoms with Gasteiger partial charge in [-0.1, -0.05) is 0 Å². The van der Waals surface area contributed by atoms with Crippen LogP contribution in [0.2, 0.25) is 0 Å². The highest BCUT2D eigenvalue weighted by Crippen LogP contribution is 2.19. The third-order valence-electron chi connectivity index (χ3n) is 2.89. The number of hydrogen-bond acceptors (Lipinski definition) is 4. The molecule has 0 bridgehead atoms. The second-order valence-electron chi connectivity index (χ2n) is 6.27. The molecule has 114 valence electrons. The van der Waals surface area contributed by atoms with E-state index < -0.39 is 5.60 Å². The Hall–Kier alpha value is -1.56. The summed E-state index contributed by atoms with van der Waals surface area (Å²) in [5.74, 6) is 0. The van der Waals surface area contributed by atoms with Gasteiger partial charge in [-0.15, -0.1) is 0 Å². The molecule has 0 radical (unpaired) electrons. The van der Waals surface area contributed by atoms with Crippen LogP contribution in [0.25, 0.3) is 0 Å². The molecule has 0 aromatic carbocycles. The first-order chi connectivity index (χ1) is 9.19. The Kier molecular flexibility index (Phi) is 5.56. The quantitative estimate of drug-likeness (QED) is 0.599. The first kappa shape index (κ1) is 16.5. The molecule has 5 N–H and O–H groups in total. The molecule has 1 aliphatic rings. The lowest BCUT2D eigenvalue weighted by atomic mass is 10.2. The zero-order valence-corrected chi connectivity index (χ0v) is 12.8. The number of likely N-dealkylation sites (tertiary alicyclic amines) is 1. The van der Waals surface area contributed by atoms with Crippen LogP contribution in [0, 0.1) is 0 Å². The molecule has 2 atom stereocenters. The van der Waals surface area contributed by atoms with Gasteiger partial charge in [0.05, 0.1) is 6.04 Å². The molecule has 1 saturated heterocycles. The Morgan fingerprint density at radius 2 is 2.15 bits per heavy atom. The first-order valence-electron chi connectivity index (χ1n) is 6.93. The smallest absolute Gasteiger partial charge is 0.410 e. The lowest BCUT2D eigenvalue weighted by Crippen LogP contribution is -2.73. The van der Waals surface area contributed by atoms with Gasteiger partial charge in [-0.3, -0.25) is 4.90 Å². The zero-order valence-electron chi connectivity index (χ0n) is 12.8. The molecular weight excluding hydrogens is 256 g/mol. The third-order valence-corrected chi connectivity index (χ3v) is 2.89. The van der Waals surface area contributed by atoms with Gasteiger partial charge in [0.2, 0.25) is 0 Å². The predicted molar refractivity (Wildman–Crippen MR) is 79.2 cm³/mol. The Morgan fingerprint density at radius 1 is 1.50 bits per heavy atom. The summed E-state index contributed by atoms with van der Waals surface area (Å²) in [5, 5.41) is 0. The van der Waals surface area contributed by atoms with Gasteiger partial charge < -0.3 is 16.2 Å². The molecule has 1 aliphatic heterocycles. The van der Waals surface area contributed by atoms with Gasteiger partial charge in [0.25, 0.3) is 0 Å². The molecule has 6 nitrogen and oxygen atoms in total. The van der Waals surface area contributed by atoms with E-state index in [0.29, 0.717) is 13.1 Å². The molecule has 20 heavy (non-hydrogen) atoms. The Morgan fingerprint density at radius 3 is 2.70 bits per heavy atom. The maximum absolute atomic E-state index is 12.1. The van der Waals surface area contributed by atoms with Crippen LogP contribution in [0.5, 0.6) is 0 Å². The van der Waals surface area contributed by atoms with E-state index in [4.69, 9.17) is 16.2 Å². The lowest BCUT2D eigenvalue weighted by molar-refractivity contribution is -0.457. The fourth-order valence-corrected chi connectivity index (χ4v) is 2.09. The van der Waals surface area contributed by atoms with E-state index in [1.807, 2.05) is 27.7 Å². The molecule has 1 rings (SSSR count). The van der Waals surface area contributed by atoms with Crippen LogP contribution < -0.4 is 16.5 Å². The lowest BCUT2D eigenvalue weighted by Gasteiger charge is -2.26. The second kappa shape index (κ2) is 6.74. The highest BCUT2D eigenvalue weighted by atomic mass is 16.6. The van der Waals surface area contributed by atoms with Crippen LogP contribution in [0.3, 0.4) is 0 Å². The Labute approximate surface area is 120 Å². The maximum atomic E-state index is 12.1. The van der Waals surface area contributed by atoms with Crippen LogP contribution in [-0.4, -0.2) is 48.0 Å². The highest BCUT2D eigenvalue weighted by Gasteiger charge is 2.37. The van der Waals surface area contributed by atoms with Gasteiger partial charge >= 0.3 is 6.09 Å². The second-order valence-corrected chi connectivity index (χ2v) is 6.27. The summed E-state index contributed by atoms with van der Waals surface area (Å²) < 4.78 is 5.41. The standard InChI is InChI=1S/C14H26N4O2/c1-10(15)5-6-17-8-12-7-11(16)9-18(12)13(19)20-14(2,3)4/h5-6,11-12H,7-9,15-16H2,1-4H3/p+1/b10-5-,17-6?/t11-,12+/m1/s1. The fraction of sp³-hybridized carbons (Fsp3) is 0.714. The van der Waals surface area contributed by atoms with Crippen molar-refractivity contribution in [2.24, 2.45) is 11.5 Å². The minimum absolute atomic E-state index is 0.00102. The van der Waals surface area contributed by atoms with E-state index in [1.165, 1.54) is 0 Å². The predicted octanol–water partition coefficient (Wildman–Crippen LogP) is -0.663. The van der Waals surface area contributed by atoms with Crippen LogP contribution in [-0.2, 0) is 4.74 Å². The molecule has 0 aromatic rings. The Balaban J connectivity index is 2.62. The summed E-state index contributed by atoms with van der Waals surface area (Å²) >= 11 is 0. The van der Waals surface area contributed by atoms with E-state index >= 15 is 0 Å². The van der Waals surface area contributed by atoms with Crippen molar-refractivity contribution in [3.63, 3.8) is 0 Å². The molecule has 1 fully saturated rings. The number of ether oxygens (including phenoxy) is 1. The van der Waals surface area contributed by atoms with E-state index in [0.717, 1.165) is 12.1 Å². The molecule has 0 unspecified atom stereocenters. The molecule has 1 amide bonds. The van der Waals surface area contributed by atoms with Crippen molar-refractivity contribution >= 4 is 12.3 Å². The number of nitrogens with zero attached hydrogens (tertiary/aromatic N) is 1. The summed E-state index contributed by atoms with van der Waals surface area (Å²) in [7, 11) is 0. The first-order valence-corrected chi connectivity index (χ1v) is 6.93. The van der Waals surface area contributed by atoms with Crippen LogP contribution in [0.15, 0.2) is 11.8 Å². The minimum Gasteiger partial charge on any atom is -0.444 e. The van der Waals surface area contributed by atoms with Gasteiger partial charge in [-0.25, -0.2) is 9.79 Å². The SMILES string of the molecule is C/C(N)=C/C=[NH+]C[C@@H]1C[C@@H](N)CN1C(=O)OC(C)(C)C. The topological polar surface area (TPSA) is 95.5 Å². The van der Waals surface area contributed by atoms with Crippen molar-refractivity contribution < 1.29 is 14.5 Å². The van der Waals surface area contributed by atoms with Crippen LogP contribution in [0.1, 0.15) is 34.1 Å². The van der Waals surface area contributed by atoms with E-state index in [9.17, 15) is 4.79 Å². The van der Waals surface area contributed by atoms with E-state index in [-0.39, 0.29) is 18.2 Å². The normalized spacial score (nSPS) is 24.4. The summed E-state index contributed by atoms with van der Waals surface area (Å²) in [5.41, 5.74) is 11.7. The Bertz CT molecular complexity index is 394. The number of carbonyl (C=O) groups is 1. The number of allylic oxidation sites excluding steroid dienone is 2. The molecule has 0 aromatic heterocycles. The molecule has 6 heteroatoms. The largest absolute Gasteiger partial charge is 0.444 e. The van der Waals surface area contributed by atoms with Gasteiger partial charge in [-0.2, -0.15) is 0 Å². The number of hydrogen-bond donors (Lipinski definition) is 3. The van der Waals surface area contributed by atoms with E-state index in [1.54, 1.807) is 17.2 Å². The molecular formula is C14H27N4O2+. The number of nitrogens with one attached hydrogen (secondary N) is 1. The maximum Gasteiger partial charge on any atom is 0.410 e. The molecule has 1 heterocycles. The van der Waals surface area contributed by atoms with Crippen molar-refractivity contribution in [1.29, 1.82) is 0 Å². The van der Waals surface area contributed by atoms with Crippen LogP contribution in [0.4, 0.5) is 4.79 Å². The van der Waals surface area contributed by atoms with Gasteiger partial charge in [-0.05, 0) is 34.1 Å². The zero-order chi connectivity index (χ0) is 15.3. The average Bonchev–Trinajstić information content (AvgIpc) is 2.63. The van der Waals surface area contributed by atoms with Crippen molar-refractivity contribution in [3.8, 4) is 0 Å². The summed E-state index contributed by atoms with van der Waals surface area (Å²) in [6.07, 6.45) is 4.03. The average molecular weight is 283 g/mol. The van der Waals surface area contributed by atoms with Gasteiger partial charge in [0.1, 0.15) is 5.60 Å². The number of rotatable bonds is 3. The van der Waals surface area contributed by atoms with Gasteiger partial charge in [0, 0.05) is 24.4 Å². The van der Waals surface area contributed by atoms with E-state index in [2.05, 4.69) is 4.99 Å². The minimum atomic E-state index is -0.493. The van der Waals surface area contributed by atoms with Crippen molar-refractivity contribution in [2.75, 3.05) is 13.1 Å². The summed E-state index contributed by atoms with van der Waals surface area (Å²) in [6, 6.07) is 0.0451. The number of carbonyl (C=O) groups excluding carboxylic acids is 1. The summed E-state index contributed by atoms with van der Waals surface area (Å²) in [6.45, 7) is 8.56. The van der Waals surface area contributed by atoms with Gasteiger partial charge in [0.15, 0.2) is 12.8 Å². The van der Waals surface area contributed by atoms with Crippen LogP contribution >= 0.6 is 0 Å². The van der Waals surface area contributed by atoms with Crippen molar-refractivity contribution in [3.05, 3.63) is 11.8 Å². The monoisotopic (exact) mass is 283 g/mol. The third kappa shape index (κ3) is 5.61. The van der Waals surface area contributed by atoms with Crippen molar-refractivity contribution in [2.45, 2.75) is 51.8 Å². The molecule has 0 saturated carbocycles. The molecule has 0 aliphatic carbocycles. The van der Waals surface area contributed by atoms with Crippen molar-refractivity contribution in [1.82, 2.24) is 4.90 Å². The number of nitrogens with two attached hydrogens (primary N) is 2. The summed E-state index contributed by atoms with van der Waals surface area (Å²) in [4.78, 5) is 17.0. The fourth-order valence-electron chi connectivity index (χ4n) is 2.09. The molecule has 0 spiro atoms. The number of amides is 1. The highest BCUT2D eigenvalue weighted by molar-refractivity contribution is 5.69.